The number of hydrogen-bond donors (Lipinski definition) is 1. The highest BCUT2D eigenvalue weighted by Gasteiger charge is 2.08. The number of aryl methyl sites for hydroxylation is 2. The summed E-state index contributed by atoms with van der Waals surface area (Å²) in [6, 6.07) is 7.74. The molecule has 1 heterocycles. The summed E-state index contributed by atoms with van der Waals surface area (Å²) in [5, 5.41) is 6.14. The van der Waals surface area contributed by atoms with Crippen molar-refractivity contribution >= 4 is 11.9 Å². The van der Waals surface area contributed by atoms with E-state index in [0.717, 1.165) is 11.3 Å². The number of nitrogens with one attached hydrogen (secondary N) is 1. The molecule has 0 saturated heterocycles. The highest BCUT2D eigenvalue weighted by molar-refractivity contribution is 5.88. The topological polar surface area (TPSA) is 77.2 Å². The molecule has 100 valence electrons. The van der Waals surface area contributed by atoms with E-state index in [0.29, 0.717) is 18.7 Å². The van der Waals surface area contributed by atoms with Gasteiger partial charge in [0.2, 0.25) is 5.91 Å². The monoisotopic (exact) mass is 261 g/mol. The summed E-state index contributed by atoms with van der Waals surface area (Å²) in [6.45, 7) is 1.69. The largest absolute Gasteiger partial charge is 0.497 e. The smallest absolute Gasteiger partial charge is 0.328 e. The Hall–Kier alpha value is -2.37. The van der Waals surface area contributed by atoms with Gasteiger partial charge in [0, 0.05) is 6.42 Å². The van der Waals surface area contributed by atoms with Crippen LogP contribution in [0.4, 0.5) is 6.01 Å². The first-order valence-electron chi connectivity index (χ1n) is 5.90. The predicted octanol–water partition coefficient (Wildman–Crippen LogP) is 1.96. The number of nitrogens with zero attached hydrogens (tertiary/aromatic N) is 2. The molecule has 0 aliphatic heterocycles. The van der Waals surface area contributed by atoms with Gasteiger partial charge < -0.3 is 9.26 Å². The Morgan fingerprint density at radius 1 is 1.37 bits per heavy atom. The molecule has 19 heavy (non-hydrogen) atoms. The highest BCUT2D eigenvalue weighted by Crippen LogP contribution is 2.13. The van der Waals surface area contributed by atoms with E-state index in [1.165, 1.54) is 0 Å². The van der Waals surface area contributed by atoms with Crippen molar-refractivity contribution in [1.82, 2.24) is 10.1 Å². The van der Waals surface area contributed by atoms with Gasteiger partial charge in [-0.2, -0.15) is 4.98 Å². The lowest BCUT2D eigenvalue weighted by atomic mass is 10.1. The molecule has 0 unspecified atom stereocenters. The molecule has 6 heteroatoms. The Balaban J connectivity index is 1.82. The molecule has 1 aromatic carbocycles. The zero-order valence-electron chi connectivity index (χ0n) is 10.8. The van der Waals surface area contributed by atoms with Gasteiger partial charge in [-0.15, -0.1) is 0 Å². The van der Waals surface area contributed by atoms with E-state index in [1.54, 1.807) is 14.0 Å². The van der Waals surface area contributed by atoms with Crippen LogP contribution >= 0.6 is 0 Å². The molecule has 1 N–H and O–H groups in total. The quantitative estimate of drug-likeness (QED) is 0.890. The second kappa shape index (κ2) is 5.99. The maximum atomic E-state index is 11.7. The van der Waals surface area contributed by atoms with Gasteiger partial charge in [0.05, 0.1) is 7.11 Å². The molecule has 0 aliphatic rings. The fourth-order valence-electron chi connectivity index (χ4n) is 1.58. The van der Waals surface area contributed by atoms with E-state index in [2.05, 4.69) is 15.5 Å². The van der Waals surface area contributed by atoms with Gasteiger partial charge in [-0.05, 0) is 31.0 Å². The zero-order chi connectivity index (χ0) is 13.7. The van der Waals surface area contributed by atoms with Gasteiger partial charge >= 0.3 is 6.01 Å². The third-order valence-electron chi connectivity index (χ3n) is 2.57. The third kappa shape index (κ3) is 3.80. The molecule has 0 fully saturated rings. The minimum Gasteiger partial charge on any atom is -0.497 e. The summed E-state index contributed by atoms with van der Waals surface area (Å²) in [7, 11) is 1.62. The third-order valence-corrected chi connectivity index (χ3v) is 2.57. The van der Waals surface area contributed by atoms with Crippen molar-refractivity contribution in [3.05, 3.63) is 35.7 Å². The average molecular weight is 261 g/mol. The van der Waals surface area contributed by atoms with Crippen LogP contribution < -0.4 is 10.1 Å². The van der Waals surface area contributed by atoms with Crippen molar-refractivity contribution in [1.29, 1.82) is 0 Å². The van der Waals surface area contributed by atoms with Gasteiger partial charge in [0.15, 0.2) is 5.82 Å². The lowest BCUT2D eigenvalue weighted by Crippen LogP contribution is -2.12. The lowest BCUT2D eigenvalue weighted by molar-refractivity contribution is -0.116. The van der Waals surface area contributed by atoms with Crippen LogP contribution in [0.15, 0.2) is 28.8 Å². The molecule has 0 aliphatic carbocycles. The van der Waals surface area contributed by atoms with Crippen molar-refractivity contribution in [3.63, 3.8) is 0 Å². The van der Waals surface area contributed by atoms with Gasteiger partial charge in [-0.3, -0.25) is 10.1 Å². The van der Waals surface area contributed by atoms with Crippen molar-refractivity contribution in [2.75, 3.05) is 12.4 Å². The SMILES string of the molecule is COc1ccc(CCC(=O)Nc2nc(C)no2)cc1. The molecule has 1 amide bonds. The number of carbonyl (C=O) groups is 1. The fourth-order valence-corrected chi connectivity index (χ4v) is 1.58. The number of amides is 1. The number of rotatable bonds is 5. The number of aromatic nitrogens is 2. The summed E-state index contributed by atoms with van der Waals surface area (Å²) >= 11 is 0. The van der Waals surface area contributed by atoms with Gasteiger partial charge in [-0.1, -0.05) is 17.3 Å². The van der Waals surface area contributed by atoms with E-state index in [1.807, 2.05) is 24.3 Å². The minimum absolute atomic E-state index is 0.136. The Kier molecular flexibility index (Phi) is 4.12. The second-order valence-corrected chi connectivity index (χ2v) is 4.04. The second-order valence-electron chi connectivity index (χ2n) is 4.04. The summed E-state index contributed by atoms with van der Waals surface area (Å²) in [4.78, 5) is 15.6. The number of carbonyl (C=O) groups excluding carboxylic acids is 1. The molecule has 0 radical (unpaired) electrons. The van der Waals surface area contributed by atoms with Crippen molar-refractivity contribution < 1.29 is 14.1 Å². The Morgan fingerprint density at radius 3 is 2.68 bits per heavy atom. The van der Waals surface area contributed by atoms with E-state index in [4.69, 9.17) is 9.26 Å². The summed E-state index contributed by atoms with van der Waals surface area (Å²) in [5.41, 5.74) is 1.07. The van der Waals surface area contributed by atoms with Crippen LogP contribution in [0.25, 0.3) is 0 Å². The number of hydrogen-bond acceptors (Lipinski definition) is 5. The Bertz CT molecular complexity index is 549. The molecule has 1 aromatic heterocycles. The average Bonchev–Trinajstić information content (AvgIpc) is 2.82. The normalized spacial score (nSPS) is 10.2. The first-order valence-corrected chi connectivity index (χ1v) is 5.90. The first kappa shape index (κ1) is 13.1. The number of ether oxygens (including phenoxy) is 1. The molecule has 2 rings (SSSR count). The summed E-state index contributed by atoms with van der Waals surface area (Å²) in [5.74, 6) is 1.14. The van der Waals surface area contributed by atoms with E-state index in [-0.39, 0.29) is 11.9 Å². The lowest BCUT2D eigenvalue weighted by Gasteiger charge is -2.03. The molecular formula is C13H15N3O3. The molecule has 2 aromatic rings. The van der Waals surface area contributed by atoms with Crippen LogP contribution in [-0.4, -0.2) is 23.2 Å². The Morgan fingerprint density at radius 2 is 2.11 bits per heavy atom. The minimum atomic E-state index is -0.153. The molecular weight excluding hydrogens is 246 g/mol. The van der Waals surface area contributed by atoms with Gasteiger partial charge in [-0.25, -0.2) is 0 Å². The van der Waals surface area contributed by atoms with Gasteiger partial charge in [0.25, 0.3) is 0 Å². The fraction of sp³-hybridized carbons (Fsp3) is 0.308. The van der Waals surface area contributed by atoms with Crippen LogP contribution in [0, 0.1) is 6.92 Å². The maximum Gasteiger partial charge on any atom is 0.328 e. The van der Waals surface area contributed by atoms with E-state index < -0.39 is 0 Å². The highest BCUT2D eigenvalue weighted by atomic mass is 16.5. The van der Waals surface area contributed by atoms with Crippen LogP contribution in [0.2, 0.25) is 0 Å². The number of benzene rings is 1. The Labute approximate surface area is 110 Å². The van der Waals surface area contributed by atoms with E-state index >= 15 is 0 Å². The molecule has 0 saturated carbocycles. The van der Waals surface area contributed by atoms with Crippen LogP contribution in [0.1, 0.15) is 17.8 Å². The predicted molar refractivity (Wildman–Crippen MR) is 69.0 cm³/mol. The summed E-state index contributed by atoms with van der Waals surface area (Å²) in [6.07, 6.45) is 0.997. The van der Waals surface area contributed by atoms with Crippen molar-refractivity contribution in [3.8, 4) is 5.75 Å². The number of methoxy groups -OCH3 is 1. The van der Waals surface area contributed by atoms with Crippen molar-refractivity contribution in [2.24, 2.45) is 0 Å². The van der Waals surface area contributed by atoms with Crippen LogP contribution in [-0.2, 0) is 11.2 Å². The molecule has 0 bridgehead atoms. The van der Waals surface area contributed by atoms with Crippen LogP contribution in [0.3, 0.4) is 0 Å². The first-order chi connectivity index (χ1) is 9.17. The van der Waals surface area contributed by atoms with Crippen molar-refractivity contribution in [2.45, 2.75) is 19.8 Å². The summed E-state index contributed by atoms with van der Waals surface area (Å²) < 4.78 is 9.88. The molecule has 6 nitrogen and oxygen atoms in total. The number of anilines is 1. The van der Waals surface area contributed by atoms with Crippen LogP contribution in [0.5, 0.6) is 5.75 Å². The molecule has 0 atom stereocenters. The van der Waals surface area contributed by atoms with Gasteiger partial charge in [0.1, 0.15) is 5.75 Å². The maximum absolute atomic E-state index is 11.7. The zero-order valence-corrected chi connectivity index (χ0v) is 10.8. The molecule has 0 spiro atoms. The standard InChI is InChI=1S/C13H15N3O3/c1-9-14-13(19-16-9)15-12(17)8-5-10-3-6-11(18-2)7-4-10/h3-4,6-7H,5,8H2,1-2H3,(H,14,15,16,17). The van der Waals surface area contributed by atoms with E-state index in [9.17, 15) is 4.79 Å².